The van der Waals surface area contributed by atoms with Crippen LogP contribution in [-0.4, -0.2) is 35.1 Å². The molecule has 0 spiro atoms. The predicted octanol–water partition coefficient (Wildman–Crippen LogP) is 1.99. The molecule has 2 atom stereocenters. The highest BCUT2D eigenvalue weighted by molar-refractivity contribution is 5.09. The van der Waals surface area contributed by atoms with Crippen molar-refractivity contribution < 1.29 is 4.74 Å². The third-order valence-electron chi connectivity index (χ3n) is 4.04. The van der Waals surface area contributed by atoms with Crippen LogP contribution in [0.15, 0.2) is 12.4 Å². The van der Waals surface area contributed by atoms with Crippen molar-refractivity contribution in [3.63, 3.8) is 0 Å². The number of nitrogens with one attached hydrogen (secondary N) is 1. The first kappa shape index (κ1) is 13.6. The number of hydrogen-bond acceptors (Lipinski definition) is 3. The van der Waals surface area contributed by atoms with Crippen LogP contribution in [0.4, 0.5) is 0 Å². The van der Waals surface area contributed by atoms with Crippen molar-refractivity contribution >= 4 is 0 Å². The van der Waals surface area contributed by atoms with Gasteiger partial charge >= 0.3 is 0 Å². The lowest BCUT2D eigenvalue weighted by molar-refractivity contribution is -0.0870. The third-order valence-corrected chi connectivity index (χ3v) is 4.04. The quantitative estimate of drug-likeness (QED) is 0.870. The lowest BCUT2D eigenvalue weighted by Crippen LogP contribution is -2.52. The van der Waals surface area contributed by atoms with Crippen molar-refractivity contribution in [1.82, 2.24) is 15.1 Å². The lowest BCUT2D eigenvalue weighted by Gasteiger charge is -2.40. The molecule has 0 radical (unpaired) electrons. The number of aryl methyl sites for hydroxylation is 1. The van der Waals surface area contributed by atoms with Crippen LogP contribution in [-0.2, 0) is 17.7 Å². The lowest BCUT2D eigenvalue weighted by atomic mass is 9.85. The molecular weight excluding hydrogens is 226 g/mol. The van der Waals surface area contributed by atoms with Crippen LogP contribution in [0.25, 0.3) is 0 Å². The van der Waals surface area contributed by atoms with Gasteiger partial charge in [-0.05, 0) is 52.1 Å². The number of hydrogen-bond donors (Lipinski definition) is 1. The van der Waals surface area contributed by atoms with E-state index in [9.17, 15) is 0 Å². The zero-order valence-corrected chi connectivity index (χ0v) is 11.8. The Hall–Kier alpha value is -0.870. The van der Waals surface area contributed by atoms with Gasteiger partial charge in [-0.15, -0.1) is 0 Å². The monoisotopic (exact) mass is 251 g/mol. The number of aromatic nitrogens is 2. The van der Waals surface area contributed by atoms with E-state index in [1.165, 1.54) is 18.4 Å². The van der Waals surface area contributed by atoms with Gasteiger partial charge in [0, 0.05) is 25.4 Å². The topological polar surface area (TPSA) is 39.1 Å². The minimum atomic E-state index is -0.0404. The summed E-state index contributed by atoms with van der Waals surface area (Å²) in [5, 5.41) is 7.76. The molecule has 0 aliphatic carbocycles. The van der Waals surface area contributed by atoms with E-state index in [0.29, 0.717) is 6.04 Å². The molecule has 1 saturated heterocycles. The third kappa shape index (κ3) is 2.93. The van der Waals surface area contributed by atoms with Gasteiger partial charge in [0.05, 0.1) is 11.8 Å². The minimum absolute atomic E-state index is 0.0404. The molecule has 1 fully saturated rings. The normalized spacial score (nSPS) is 26.2. The smallest absolute Gasteiger partial charge is 0.0809 e. The highest BCUT2D eigenvalue weighted by atomic mass is 16.5. The summed E-state index contributed by atoms with van der Waals surface area (Å²) in [4.78, 5) is 0. The molecule has 1 N–H and O–H groups in total. The molecule has 2 unspecified atom stereocenters. The fourth-order valence-electron chi connectivity index (χ4n) is 2.77. The maximum absolute atomic E-state index is 6.03. The summed E-state index contributed by atoms with van der Waals surface area (Å²) < 4.78 is 8.01. The van der Waals surface area contributed by atoms with E-state index >= 15 is 0 Å². The number of ether oxygens (including phenoxy) is 1. The molecule has 2 heterocycles. The van der Waals surface area contributed by atoms with E-state index in [4.69, 9.17) is 4.74 Å². The van der Waals surface area contributed by atoms with Crippen molar-refractivity contribution in [1.29, 1.82) is 0 Å². The van der Waals surface area contributed by atoms with Gasteiger partial charge in [-0.2, -0.15) is 5.10 Å². The molecule has 4 heteroatoms. The molecule has 0 saturated carbocycles. The van der Waals surface area contributed by atoms with Crippen LogP contribution in [0.3, 0.4) is 0 Å². The van der Waals surface area contributed by atoms with Crippen molar-refractivity contribution in [3.05, 3.63) is 18.0 Å². The summed E-state index contributed by atoms with van der Waals surface area (Å²) in [5.41, 5.74) is 1.24. The Morgan fingerprint density at radius 2 is 2.39 bits per heavy atom. The summed E-state index contributed by atoms with van der Waals surface area (Å²) in [6.07, 6.45) is 8.69. The van der Waals surface area contributed by atoms with E-state index in [2.05, 4.69) is 30.5 Å². The fourth-order valence-corrected chi connectivity index (χ4v) is 2.77. The molecule has 0 aromatic carbocycles. The standard InChI is InChI=1S/C14H25N3O/c1-4-17-11-12(10-16-17)9-13(15-3)14(2)7-5-6-8-18-14/h10-11,13,15H,4-9H2,1-3H3. The average Bonchev–Trinajstić information content (AvgIpc) is 2.84. The molecule has 18 heavy (non-hydrogen) atoms. The molecule has 1 aliphatic heterocycles. The number of rotatable bonds is 5. The number of likely N-dealkylation sites (N-methyl/N-ethyl adjacent to an activating group) is 1. The Labute approximate surface area is 110 Å². The first-order valence-electron chi connectivity index (χ1n) is 7.00. The highest BCUT2D eigenvalue weighted by Gasteiger charge is 2.36. The summed E-state index contributed by atoms with van der Waals surface area (Å²) in [6.45, 7) is 6.16. The van der Waals surface area contributed by atoms with Gasteiger partial charge in [-0.25, -0.2) is 0 Å². The average molecular weight is 251 g/mol. The van der Waals surface area contributed by atoms with Gasteiger partial charge < -0.3 is 10.1 Å². The SMILES string of the molecule is CCn1cc(CC(NC)C2(C)CCCCO2)cn1. The van der Waals surface area contributed by atoms with Crippen LogP contribution < -0.4 is 5.32 Å². The molecular formula is C14H25N3O. The second-order valence-electron chi connectivity index (χ2n) is 5.37. The van der Waals surface area contributed by atoms with Crippen molar-refractivity contribution in [2.24, 2.45) is 0 Å². The Balaban J connectivity index is 2.03. The zero-order valence-electron chi connectivity index (χ0n) is 11.8. The summed E-state index contributed by atoms with van der Waals surface area (Å²) >= 11 is 0. The van der Waals surface area contributed by atoms with E-state index < -0.39 is 0 Å². The zero-order chi connectivity index (χ0) is 13.0. The van der Waals surface area contributed by atoms with Crippen LogP contribution in [0.5, 0.6) is 0 Å². The second kappa shape index (κ2) is 5.85. The first-order valence-corrected chi connectivity index (χ1v) is 7.00. The van der Waals surface area contributed by atoms with Gasteiger partial charge in [0.1, 0.15) is 0 Å². The van der Waals surface area contributed by atoms with Gasteiger partial charge in [0.25, 0.3) is 0 Å². The maximum atomic E-state index is 6.03. The van der Waals surface area contributed by atoms with Crippen LogP contribution in [0.1, 0.15) is 38.7 Å². The fraction of sp³-hybridized carbons (Fsp3) is 0.786. The highest BCUT2D eigenvalue weighted by Crippen LogP contribution is 2.29. The van der Waals surface area contributed by atoms with Crippen molar-refractivity contribution in [2.45, 2.75) is 57.7 Å². The summed E-state index contributed by atoms with van der Waals surface area (Å²) in [6, 6.07) is 0.354. The van der Waals surface area contributed by atoms with Crippen LogP contribution >= 0.6 is 0 Å². The molecule has 1 aliphatic rings. The summed E-state index contributed by atoms with van der Waals surface area (Å²) in [7, 11) is 2.03. The Morgan fingerprint density at radius 3 is 2.94 bits per heavy atom. The molecule has 102 valence electrons. The van der Waals surface area contributed by atoms with Crippen molar-refractivity contribution in [3.8, 4) is 0 Å². The van der Waals surface area contributed by atoms with Crippen molar-refractivity contribution in [2.75, 3.05) is 13.7 Å². The molecule has 4 nitrogen and oxygen atoms in total. The first-order chi connectivity index (χ1) is 8.68. The second-order valence-corrected chi connectivity index (χ2v) is 5.37. The van der Waals surface area contributed by atoms with E-state index in [1.54, 1.807) is 0 Å². The molecule has 0 amide bonds. The molecule has 2 rings (SSSR count). The van der Waals surface area contributed by atoms with Crippen LogP contribution in [0, 0.1) is 0 Å². The van der Waals surface area contributed by atoms with Gasteiger partial charge in [-0.1, -0.05) is 0 Å². The Bertz CT molecular complexity index is 369. The summed E-state index contributed by atoms with van der Waals surface area (Å²) in [5.74, 6) is 0. The Morgan fingerprint density at radius 1 is 1.56 bits per heavy atom. The predicted molar refractivity (Wildman–Crippen MR) is 72.7 cm³/mol. The Kier molecular flexibility index (Phi) is 4.40. The van der Waals surface area contributed by atoms with Gasteiger partial charge in [0.15, 0.2) is 0 Å². The minimum Gasteiger partial charge on any atom is -0.374 e. The molecule has 0 bridgehead atoms. The number of nitrogens with zero attached hydrogens (tertiary/aromatic N) is 2. The molecule has 1 aromatic heterocycles. The van der Waals surface area contributed by atoms with E-state index in [1.807, 2.05) is 17.9 Å². The molecule has 1 aromatic rings. The van der Waals surface area contributed by atoms with Gasteiger partial charge in [-0.3, -0.25) is 4.68 Å². The van der Waals surface area contributed by atoms with E-state index in [-0.39, 0.29) is 5.60 Å². The van der Waals surface area contributed by atoms with Gasteiger partial charge in [0.2, 0.25) is 0 Å². The van der Waals surface area contributed by atoms with Crippen LogP contribution in [0.2, 0.25) is 0 Å². The largest absolute Gasteiger partial charge is 0.374 e. The van der Waals surface area contributed by atoms with E-state index in [0.717, 1.165) is 26.0 Å². The maximum Gasteiger partial charge on any atom is 0.0809 e.